The summed E-state index contributed by atoms with van der Waals surface area (Å²) in [6.45, 7) is 0.377. The zero-order valence-electron chi connectivity index (χ0n) is 10.4. The summed E-state index contributed by atoms with van der Waals surface area (Å²) in [4.78, 5) is 0. The first-order valence-corrected chi connectivity index (χ1v) is 8.41. The molecule has 1 aromatic carbocycles. The van der Waals surface area contributed by atoms with Crippen LogP contribution in [0.1, 0.15) is 44.9 Å². The topological polar surface area (TPSA) is 20.2 Å². The van der Waals surface area contributed by atoms with Crippen molar-refractivity contribution in [2.45, 2.75) is 49.3 Å². The maximum atomic E-state index is 9.84. The Morgan fingerprint density at radius 3 is 2.12 bits per heavy atom. The van der Waals surface area contributed by atoms with Crippen molar-refractivity contribution in [3.63, 3.8) is 0 Å². The molecule has 0 unspecified atom stereocenters. The van der Waals surface area contributed by atoms with E-state index in [-0.39, 0.29) is 4.31 Å². The molecule has 94 valence electrons. The van der Waals surface area contributed by atoms with Crippen LogP contribution < -0.4 is 4.46 Å². The fraction of sp³-hybridized carbons (Fsp3) is 0.600. The van der Waals surface area contributed by atoms with Gasteiger partial charge in [-0.1, -0.05) is 0 Å². The van der Waals surface area contributed by atoms with E-state index in [9.17, 15) is 5.11 Å². The van der Waals surface area contributed by atoms with Crippen LogP contribution in [-0.2, 0) is 0 Å². The van der Waals surface area contributed by atoms with Crippen LogP contribution in [0.25, 0.3) is 0 Å². The Labute approximate surface area is 111 Å². The van der Waals surface area contributed by atoms with E-state index in [0.29, 0.717) is 21.6 Å². The molecule has 1 saturated carbocycles. The molecule has 1 aliphatic carbocycles. The van der Waals surface area contributed by atoms with Crippen LogP contribution in [0.3, 0.4) is 0 Å². The van der Waals surface area contributed by atoms with Gasteiger partial charge in [-0.3, -0.25) is 0 Å². The monoisotopic (exact) mass is 298 g/mol. The second kappa shape index (κ2) is 6.58. The van der Waals surface area contributed by atoms with Crippen LogP contribution >= 0.6 is 0 Å². The Kier molecular flexibility index (Phi) is 5.09. The predicted molar refractivity (Wildman–Crippen MR) is 73.9 cm³/mol. The molecule has 17 heavy (non-hydrogen) atoms. The standard InChI is InChI=1S/C15H22OSe/c16-13-15(11-7-2-1-3-8-12-15)17-14-9-5-4-6-10-14/h4-6,9-10,16H,1-3,7-8,11-13H2. The van der Waals surface area contributed by atoms with Crippen LogP contribution in [0, 0.1) is 0 Å². The molecule has 0 heterocycles. The first-order valence-electron chi connectivity index (χ1n) is 6.70. The van der Waals surface area contributed by atoms with Crippen molar-refractivity contribution in [3.05, 3.63) is 30.3 Å². The van der Waals surface area contributed by atoms with Crippen LogP contribution in [0.15, 0.2) is 30.3 Å². The Hall–Kier alpha value is -0.301. The Morgan fingerprint density at radius 1 is 0.941 bits per heavy atom. The molecule has 2 heteroatoms. The molecule has 1 nitrogen and oxygen atoms in total. The molecular weight excluding hydrogens is 275 g/mol. The SMILES string of the molecule is OCC1([Se]c2ccccc2)CCCCCCC1. The zero-order chi connectivity index (χ0) is 12.0. The minimum atomic E-state index is 0.217. The number of aliphatic hydroxyl groups is 1. The second-order valence-corrected chi connectivity index (χ2v) is 8.26. The van der Waals surface area contributed by atoms with Gasteiger partial charge in [-0.2, -0.15) is 0 Å². The third kappa shape index (κ3) is 3.84. The van der Waals surface area contributed by atoms with Crippen molar-refractivity contribution in [2.24, 2.45) is 0 Å². The molecule has 1 aromatic rings. The van der Waals surface area contributed by atoms with Crippen LogP contribution in [0.5, 0.6) is 0 Å². The van der Waals surface area contributed by atoms with Gasteiger partial charge in [0.05, 0.1) is 0 Å². The van der Waals surface area contributed by atoms with E-state index in [1.54, 1.807) is 0 Å². The Morgan fingerprint density at radius 2 is 1.53 bits per heavy atom. The summed E-state index contributed by atoms with van der Waals surface area (Å²) >= 11 is 0.417. The third-order valence-corrected chi connectivity index (χ3v) is 6.73. The number of hydrogen-bond donors (Lipinski definition) is 1. The first-order chi connectivity index (χ1) is 8.35. The molecule has 0 spiro atoms. The van der Waals surface area contributed by atoms with E-state index in [2.05, 4.69) is 30.3 Å². The molecule has 0 amide bonds. The van der Waals surface area contributed by atoms with Gasteiger partial charge < -0.3 is 0 Å². The van der Waals surface area contributed by atoms with Crippen molar-refractivity contribution in [1.29, 1.82) is 0 Å². The molecule has 0 atom stereocenters. The van der Waals surface area contributed by atoms with E-state index in [4.69, 9.17) is 0 Å². The van der Waals surface area contributed by atoms with Gasteiger partial charge in [-0.15, -0.1) is 0 Å². The van der Waals surface area contributed by atoms with Crippen molar-refractivity contribution < 1.29 is 5.11 Å². The zero-order valence-corrected chi connectivity index (χ0v) is 12.1. The van der Waals surface area contributed by atoms with Gasteiger partial charge in [0, 0.05) is 0 Å². The normalized spacial score (nSPS) is 20.5. The summed E-state index contributed by atoms with van der Waals surface area (Å²) in [5, 5.41) is 9.84. The molecule has 2 rings (SSSR count). The van der Waals surface area contributed by atoms with Gasteiger partial charge in [-0.05, 0) is 0 Å². The second-order valence-electron chi connectivity index (χ2n) is 5.02. The number of hydrogen-bond acceptors (Lipinski definition) is 1. The molecule has 0 saturated heterocycles. The summed E-state index contributed by atoms with van der Waals surface area (Å²) in [6.07, 6.45) is 9.14. The molecule has 0 bridgehead atoms. The van der Waals surface area contributed by atoms with Crippen molar-refractivity contribution in [3.8, 4) is 0 Å². The van der Waals surface area contributed by atoms with Gasteiger partial charge in [0.15, 0.2) is 0 Å². The summed E-state index contributed by atoms with van der Waals surface area (Å²) in [5.74, 6) is 0. The van der Waals surface area contributed by atoms with E-state index < -0.39 is 0 Å². The van der Waals surface area contributed by atoms with Gasteiger partial charge in [0.1, 0.15) is 0 Å². The number of rotatable bonds is 3. The van der Waals surface area contributed by atoms with Crippen LogP contribution in [0.4, 0.5) is 0 Å². The van der Waals surface area contributed by atoms with Gasteiger partial charge >= 0.3 is 111 Å². The maximum absolute atomic E-state index is 9.84. The Bertz CT molecular complexity index is 315. The van der Waals surface area contributed by atoms with Crippen molar-refractivity contribution in [1.82, 2.24) is 0 Å². The average Bonchev–Trinajstić information content (AvgIpc) is 2.34. The fourth-order valence-corrected chi connectivity index (χ4v) is 5.41. The van der Waals surface area contributed by atoms with E-state index in [0.717, 1.165) is 0 Å². The molecule has 0 radical (unpaired) electrons. The molecule has 1 N–H and O–H groups in total. The molecule has 0 aliphatic heterocycles. The average molecular weight is 297 g/mol. The van der Waals surface area contributed by atoms with E-state index in [1.807, 2.05) is 0 Å². The third-order valence-electron chi connectivity index (χ3n) is 3.63. The summed E-state index contributed by atoms with van der Waals surface area (Å²) in [5.41, 5.74) is 0. The minimum absolute atomic E-state index is 0.217. The number of aliphatic hydroxyl groups excluding tert-OH is 1. The summed E-state index contributed by atoms with van der Waals surface area (Å²) < 4.78 is 1.66. The molecule has 1 fully saturated rings. The van der Waals surface area contributed by atoms with Crippen molar-refractivity contribution >= 4 is 19.4 Å². The Balaban J connectivity index is 2.06. The quantitative estimate of drug-likeness (QED) is 0.851. The van der Waals surface area contributed by atoms with Crippen LogP contribution in [0.2, 0.25) is 4.31 Å². The molecule has 0 aromatic heterocycles. The number of benzene rings is 1. The predicted octanol–water partition coefficient (Wildman–Crippen LogP) is 2.91. The molecular formula is C15H22OSe. The molecule has 1 aliphatic rings. The van der Waals surface area contributed by atoms with Crippen molar-refractivity contribution in [2.75, 3.05) is 6.61 Å². The van der Waals surface area contributed by atoms with Gasteiger partial charge in [0.25, 0.3) is 0 Å². The summed E-state index contributed by atoms with van der Waals surface area (Å²) in [6, 6.07) is 10.7. The van der Waals surface area contributed by atoms with Crippen LogP contribution in [-0.4, -0.2) is 26.7 Å². The first kappa shape index (κ1) is 13.1. The fourth-order valence-electron chi connectivity index (χ4n) is 2.58. The van der Waals surface area contributed by atoms with E-state index in [1.165, 1.54) is 49.4 Å². The van der Waals surface area contributed by atoms with Gasteiger partial charge in [0.2, 0.25) is 0 Å². The van der Waals surface area contributed by atoms with E-state index >= 15 is 0 Å². The summed E-state index contributed by atoms with van der Waals surface area (Å²) in [7, 11) is 0. The van der Waals surface area contributed by atoms with Gasteiger partial charge in [-0.25, -0.2) is 0 Å².